The van der Waals surface area contributed by atoms with Crippen LogP contribution in [0.4, 0.5) is 5.82 Å². The van der Waals surface area contributed by atoms with Gasteiger partial charge in [-0.05, 0) is 12.8 Å². The van der Waals surface area contributed by atoms with Crippen LogP contribution in [0.3, 0.4) is 0 Å². The number of hydrogen-bond donors (Lipinski definition) is 0. The van der Waals surface area contributed by atoms with E-state index in [1.165, 1.54) is 18.0 Å². The molecular formula is C16H21N7O2. The first kappa shape index (κ1) is 17.0. The molecule has 0 spiro atoms. The van der Waals surface area contributed by atoms with Crippen molar-refractivity contribution in [2.24, 2.45) is 14.1 Å². The summed E-state index contributed by atoms with van der Waals surface area (Å²) in [5, 5.41) is 17.9. The number of hydrogen-bond acceptors (Lipinski definition) is 6. The summed E-state index contributed by atoms with van der Waals surface area (Å²) in [6.45, 7) is 1.23. The molecule has 1 aliphatic heterocycles. The van der Waals surface area contributed by atoms with Gasteiger partial charge in [-0.3, -0.25) is 13.9 Å². The molecule has 0 aromatic carbocycles. The van der Waals surface area contributed by atoms with E-state index in [2.05, 4.69) is 14.8 Å². The highest BCUT2D eigenvalue weighted by molar-refractivity contribution is 5.52. The third kappa shape index (κ3) is 2.84. The predicted molar refractivity (Wildman–Crippen MR) is 91.3 cm³/mol. The average Bonchev–Trinajstić information content (AvgIpc) is 2.82. The second-order valence-electron chi connectivity index (χ2n) is 6.37. The van der Waals surface area contributed by atoms with Gasteiger partial charge in [0.25, 0.3) is 5.56 Å². The number of anilines is 1. The van der Waals surface area contributed by atoms with Crippen molar-refractivity contribution in [2.75, 3.05) is 11.9 Å². The lowest BCUT2D eigenvalue weighted by Crippen LogP contribution is -2.41. The molecule has 0 aliphatic carbocycles. The molecule has 3 rings (SSSR count). The van der Waals surface area contributed by atoms with Crippen LogP contribution in [0.15, 0.2) is 9.59 Å². The molecule has 0 saturated carbocycles. The maximum absolute atomic E-state index is 12.2. The third-order valence-corrected chi connectivity index (χ3v) is 4.67. The van der Waals surface area contributed by atoms with Crippen molar-refractivity contribution >= 4 is 5.82 Å². The fourth-order valence-corrected chi connectivity index (χ4v) is 3.33. The molecule has 132 valence electrons. The summed E-state index contributed by atoms with van der Waals surface area (Å²) in [5.74, 6) is 2.04. The molecule has 0 N–H and O–H groups in total. The minimum absolute atomic E-state index is 0.0531. The first-order chi connectivity index (χ1) is 12.0. The molecule has 0 saturated heterocycles. The first-order valence-corrected chi connectivity index (χ1v) is 8.28. The van der Waals surface area contributed by atoms with Crippen LogP contribution in [0, 0.1) is 11.3 Å². The highest BCUT2D eigenvalue weighted by Gasteiger charge is 2.21. The number of nitrogens with zero attached hydrogens (tertiary/aromatic N) is 7. The highest BCUT2D eigenvalue weighted by atomic mass is 16.2. The van der Waals surface area contributed by atoms with Crippen molar-refractivity contribution in [1.29, 1.82) is 5.26 Å². The Balaban J connectivity index is 2.02. The lowest BCUT2D eigenvalue weighted by molar-refractivity contribution is 0.596. The van der Waals surface area contributed by atoms with Gasteiger partial charge in [0.15, 0.2) is 11.4 Å². The van der Waals surface area contributed by atoms with Gasteiger partial charge in [0.05, 0.1) is 6.54 Å². The Bertz CT molecular complexity index is 961. The fraction of sp³-hybridized carbons (Fsp3) is 0.562. The normalized spacial score (nSPS) is 13.8. The van der Waals surface area contributed by atoms with Crippen LogP contribution >= 0.6 is 0 Å². The Morgan fingerprint density at radius 1 is 1.16 bits per heavy atom. The zero-order valence-corrected chi connectivity index (χ0v) is 14.7. The molecule has 0 unspecified atom stereocenters. The monoisotopic (exact) mass is 343 g/mol. The topological polar surface area (TPSA) is 102 Å². The molecule has 2 aromatic heterocycles. The predicted octanol–water partition coefficient (Wildman–Crippen LogP) is -0.0900. The molecule has 1 aliphatic rings. The van der Waals surface area contributed by atoms with Gasteiger partial charge in [-0.15, -0.1) is 10.2 Å². The molecule has 25 heavy (non-hydrogen) atoms. The van der Waals surface area contributed by atoms with Gasteiger partial charge in [0, 0.05) is 34.1 Å². The van der Waals surface area contributed by atoms with E-state index >= 15 is 0 Å². The molecule has 3 heterocycles. The van der Waals surface area contributed by atoms with Crippen LogP contribution in [-0.4, -0.2) is 30.9 Å². The van der Waals surface area contributed by atoms with Gasteiger partial charge >= 0.3 is 5.69 Å². The summed E-state index contributed by atoms with van der Waals surface area (Å²) in [6.07, 6.45) is 4.26. The summed E-state index contributed by atoms with van der Waals surface area (Å²) in [7, 11) is 4.67. The van der Waals surface area contributed by atoms with Crippen LogP contribution in [0.5, 0.6) is 0 Å². The fourth-order valence-electron chi connectivity index (χ4n) is 3.33. The molecule has 0 amide bonds. The molecular weight excluding hydrogens is 322 g/mol. The van der Waals surface area contributed by atoms with Crippen molar-refractivity contribution in [2.45, 2.75) is 38.8 Å². The average molecular weight is 343 g/mol. The van der Waals surface area contributed by atoms with Gasteiger partial charge in [-0.1, -0.05) is 6.42 Å². The minimum atomic E-state index is -0.590. The van der Waals surface area contributed by atoms with Gasteiger partial charge in [-0.25, -0.2) is 4.79 Å². The van der Waals surface area contributed by atoms with E-state index < -0.39 is 11.2 Å². The highest BCUT2D eigenvalue weighted by Crippen LogP contribution is 2.18. The van der Waals surface area contributed by atoms with E-state index in [-0.39, 0.29) is 5.56 Å². The minimum Gasteiger partial charge on any atom is -0.352 e. The van der Waals surface area contributed by atoms with Crippen molar-refractivity contribution < 1.29 is 0 Å². The van der Waals surface area contributed by atoms with E-state index in [0.717, 1.165) is 42.0 Å². The van der Waals surface area contributed by atoms with E-state index in [1.54, 1.807) is 19.0 Å². The van der Waals surface area contributed by atoms with Gasteiger partial charge in [0.1, 0.15) is 17.7 Å². The zero-order chi connectivity index (χ0) is 18.1. The van der Waals surface area contributed by atoms with Crippen LogP contribution in [0.25, 0.3) is 0 Å². The van der Waals surface area contributed by atoms with Crippen molar-refractivity contribution in [3.05, 3.63) is 38.1 Å². The van der Waals surface area contributed by atoms with Gasteiger partial charge < -0.3 is 9.47 Å². The SMILES string of the molecule is CN(Cc1nnc2n1CCCCC2)c1c(C#N)c(=O)n(C)c(=O)n1C. The summed E-state index contributed by atoms with van der Waals surface area (Å²) >= 11 is 0. The summed E-state index contributed by atoms with van der Waals surface area (Å²) in [6, 6.07) is 1.93. The molecule has 2 aromatic rings. The van der Waals surface area contributed by atoms with Crippen LogP contribution in [-0.2, 0) is 33.6 Å². The van der Waals surface area contributed by atoms with Crippen LogP contribution < -0.4 is 16.1 Å². The number of rotatable bonds is 3. The number of nitriles is 1. The molecule has 0 fully saturated rings. The number of fused-ring (bicyclic) bond motifs is 1. The van der Waals surface area contributed by atoms with E-state index in [0.29, 0.717) is 12.4 Å². The van der Waals surface area contributed by atoms with Gasteiger partial charge in [0.2, 0.25) is 0 Å². The van der Waals surface area contributed by atoms with E-state index in [4.69, 9.17) is 0 Å². The number of aromatic nitrogens is 5. The maximum atomic E-state index is 12.2. The van der Waals surface area contributed by atoms with E-state index in [1.807, 2.05) is 6.07 Å². The second kappa shape index (κ2) is 6.55. The molecule has 9 heteroatoms. The lowest BCUT2D eigenvalue weighted by Gasteiger charge is -2.23. The van der Waals surface area contributed by atoms with Crippen molar-refractivity contribution in [3.8, 4) is 6.07 Å². The molecule has 0 atom stereocenters. The summed E-state index contributed by atoms with van der Waals surface area (Å²) in [5.41, 5.74) is -1.11. The second-order valence-corrected chi connectivity index (χ2v) is 6.37. The third-order valence-electron chi connectivity index (χ3n) is 4.67. The largest absolute Gasteiger partial charge is 0.352 e. The number of aryl methyl sites for hydroxylation is 1. The first-order valence-electron chi connectivity index (χ1n) is 8.28. The Morgan fingerprint density at radius 2 is 1.92 bits per heavy atom. The Morgan fingerprint density at radius 3 is 2.64 bits per heavy atom. The standard InChI is InChI=1S/C16H21N7O2/c1-20(10-13-19-18-12-7-5-4-6-8-23(12)13)14-11(9-17)15(24)22(3)16(25)21(14)2/h4-8,10H2,1-3H3. The maximum Gasteiger partial charge on any atom is 0.332 e. The summed E-state index contributed by atoms with van der Waals surface area (Å²) in [4.78, 5) is 26.2. The van der Waals surface area contributed by atoms with Crippen molar-refractivity contribution in [3.63, 3.8) is 0 Å². The lowest BCUT2D eigenvalue weighted by atomic mass is 10.2. The smallest absolute Gasteiger partial charge is 0.332 e. The van der Waals surface area contributed by atoms with Gasteiger partial charge in [-0.2, -0.15) is 5.26 Å². The Labute approximate surface area is 144 Å². The Kier molecular flexibility index (Phi) is 4.44. The molecule has 9 nitrogen and oxygen atoms in total. The molecule has 0 bridgehead atoms. The van der Waals surface area contributed by atoms with Crippen molar-refractivity contribution in [1.82, 2.24) is 23.9 Å². The quantitative estimate of drug-likeness (QED) is 0.772. The summed E-state index contributed by atoms with van der Waals surface area (Å²) < 4.78 is 4.37. The van der Waals surface area contributed by atoms with E-state index in [9.17, 15) is 14.9 Å². The van der Waals surface area contributed by atoms with Crippen LogP contribution in [0.2, 0.25) is 0 Å². The zero-order valence-electron chi connectivity index (χ0n) is 14.7. The van der Waals surface area contributed by atoms with Crippen LogP contribution in [0.1, 0.15) is 36.5 Å². The molecule has 0 radical (unpaired) electrons. The Hall–Kier alpha value is -2.89.